The monoisotopic (exact) mass is 305 g/mol. The molecule has 0 amide bonds. The van der Waals surface area contributed by atoms with E-state index in [0.717, 1.165) is 19.6 Å². The molecule has 0 atom stereocenters. The highest BCUT2D eigenvalue weighted by Crippen LogP contribution is 2.36. The fourth-order valence-electron chi connectivity index (χ4n) is 1.84. The number of rotatable bonds is 7. The van der Waals surface area contributed by atoms with E-state index in [1.165, 1.54) is 11.3 Å². The molecule has 0 bridgehead atoms. The molecule has 3 heteroatoms. The predicted molar refractivity (Wildman–Crippen MR) is 96.8 cm³/mol. The van der Waals surface area contributed by atoms with Crippen LogP contribution in [0.4, 0.5) is 5.69 Å². The van der Waals surface area contributed by atoms with Gasteiger partial charge in [-0.15, -0.1) is 6.58 Å². The first-order chi connectivity index (χ1) is 9.67. The Morgan fingerprint density at radius 3 is 2.24 bits per heavy atom. The van der Waals surface area contributed by atoms with E-state index in [1.807, 2.05) is 6.08 Å². The molecular weight excluding hydrogens is 274 g/mol. The molecule has 2 nitrogen and oxygen atoms in total. The number of allylic oxidation sites excluding steroid dienone is 1. The summed E-state index contributed by atoms with van der Waals surface area (Å²) in [5, 5.41) is 0.276. The predicted octanol–water partition coefficient (Wildman–Crippen LogP) is 4.87. The molecule has 0 aliphatic rings. The van der Waals surface area contributed by atoms with Crippen LogP contribution in [0.15, 0.2) is 36.9 Å². The SMILES string of the molecule is C=CCc1ccc(N(C)CCO[Si](C)(C)C(C)(C)C)cc1. The Hall–Kier alpha value is -1.06. The fourth-order valence-corrected chi connectivity index (χ4v) is 2.87. The highest BCUT2D eigenvalue weighted by molar-refractivity contribution is 6.74. The van der Waals surface area contributed by atoms with Crippen LogP contribution in [0.25, 0.3) is 0 Å². The van der Waals surface area contributed by atoms with Crippen molar-refractivity contribution in [2.75, 3.05) is 25.1 Å². The van der Waals surface area contributed by atoms with Crippen LogP contribution >= 0.6 is 0 Å². The summed E-state index contributed by atoms with van der Waals surface area (Å²) < 4.78 is 6.23. The van der Waals surface area contributed by atoms with Gasteiger partial charge in [-0.2, -0.15) is 0 Å². The summed E-state index contributed by atoms with van der Waals surface area (Å²) in [7, 11) is 0.492. The van der Waals surface area contributed by atoms with Crippen LogP contribution in [-0.4, -0.2) is 28.5 Å². The molecule has 0 aromatic heterocycles. The minimum atomic E-state index is -1.63. The average Bonchev–Trinajstić information content (AvgIpc) is 2.38. The number of hydrogen-bond acceptors (Lipinski definition) is 2. The Morgan fingerprint density at radius 2 is 1.76 bits per heavy atom. The molecule has 0 radical (unpaired) electrons. The minimum Gasteiger partial charge on any atom is -0.415 e. The van der Waals surface area contributed by atoms with Gasteiger partial charge in [0.05, 0.1) is 6.61 Å². The van der Waals surface area contributed by atoms with Crippen LogP contribution in [0.1, 0.15) is 26.3 Å². The zero-order valence-corrected chi connectivity index (χ0v) is 15.6. The second-order valence-electron chi connectivity index (χ2n) is 7.19. The highest BCUT2D eigenvalue weighted by atomic mass is 28.4. The second kappa shape index (κ2) is 7.28. The number of nitrogens with zero attached hydrogens (tertiary/aromatic N) is 1. The van der Waals surface area contributed by atoms with E-state index in [2.05, 4.69) is 76.7 Å². The van der Waals surface area contributed by atoms with Gasteiger partial charge in [-0.3, -0.25) is 0 Å². The summed E-state index contributed by atoms with van der Waals surface area (Å²) in [6.45, 7) is 16.9. The third-order valence-electron chi connectivity index (χ3n) is 4.45. The number of benzene rings is 1. The maximum Gasteiger partial charge on any atom is 0.192 e. The molecule has 1 aromatic carbocycles. The molecule has 0 fully saturated rings. The summed E-state index contributed by atoms with van der Waals surface area (Å²) in [5.74, 6) is 0. The van der Waals surface area contributed by atoms with Gasteiger partial charge in [0.2, 0.25) is 0 Å². The van der Waals surface area contributed by atoms with Gasteiger partial charge in [-0.25, -0.2) is 0 Å². The fraction of sp³-hybridized carbons (Fsp3) is 0.556. The maximum absolute atomic E-state index is 6.23. The first-order valence-electron chi connectivity index (χ1n) is 7.72. The van der Waals surface area contributed by atoms with Crippen molar-refractivity contribution in [3.63, 3.8) is 0 Å². The molecular formula is C18H31NOSi. The molecule has 0 spiro atoms. The smallest absolute Gasteiger partial charge is 0.192 e. The molecule has 0 saturated carbocycles. The average molecular weight is 306 g/mol. The lowest BCUT2D eigenvalue weighted by Gasteiger charge is -2.36. The normalized spacial score (nSPS) is 12.3. The molecule has 0 saturated heterocycles. The van der Waals surface area contributed by atoms with Crippen LogP contribution in [0.3, 0.4) is 0 Å². The minimum absolute atomic E-state index is 0.276. The Kier molecular flexibility index (Phi) is 6.23. The van der Waals surface area contributed by atoms with E-state index in [-0.39, 0.29) is 5.04 Å². The third kappa shape index (κ3) is 5.33. The van der Waals surface area contributed by atoms with E-state index >= 15 is 0 Å². The topological polar surface area (TPSA) is 12.5 Å². The van der Waals surface area contributed by atoms with Gasteiger partial charge < -0.3 is 9.33 Å². The number of likely N-dealkylation sites (N-methyl/N-ethyl adjacent to an activating group) is 1. The van der Waals surface area contributed by atoms with Crippen LogP contribution in [0.2, 0.25) is 18.1 Å². The largest absolute Gasteiger partial charge is 0.415 e. The van der Waals surface area contributed by atoms with Crippen molar-refractivity contribution in [2.24, 2.45) is 0 Å². The molecule has 0 aliphatic heterocycles. The van der Waals surface area contributed by atoms with Crippen molar-refractivity contribution < 1.29 is 4.43 Å². The lowest BCUT2D eigenvalue weighted by molar-refractivity contribution is 0.296. The Labute approximate surface area is 131 Å². The van der Waals surface area contributed by atoms with Gasteiger partial charge in [0, 0.05) is 19.3 Å². The lowest BCUT2D eigenvalue weighted by atomic mass is 10.1. The Morgan fingerprint density at radius 1 is 1.19 bits per heavy atom. The summed E-state index contributed by atoms with van der Waals surface area (Å²) in [6.07, 6.45) is 2.87. The van der Waals surface area contributed by atoms with Crippen molar-refractivity contribution >= 4 is 14.0 Å². The zero-order chi connectivity index (χ0) is 16.1. The van der Waals surface area contributed by atoms with E-state index in [1.54, 1.807) is 0 Å². The standard InChI is InChI=1S/C18H31NOSi/c1-8-9-16-10-12-17(13-11-16)19(5)14-15-20-21(6,7)18(2,3)4/h8,10-13H,1,9,14-15H2,2-7H3. The highest BCUT2D eigenvalue weighted by Gasteiger charge is 2.36. The van der Waals surface area contributed by atoms with Crippen molar-refractivity contribution in [2.45, 2.75) is 45.3 Å². The first kappa shape index (κ1) is 18.0. The van der Waals surface area contributed by atoms with Crippen molar-refractivity contribution in [1.29, 1.82) is 0 Å². The quantitative estimate of drug-likeness (QED) is 0.526. The lowest BCUT2D eigenvalue weighted by Crippen LogP contribution is -2.42. The Balaban J connectivity index is 2.50. The number of hydrogen-bond donors (Lipinski definition) is 0. The van der Waals surface area contributed by atoms with Gasteiger partial charge in [-0.05, 0) is 42.2 Å². The summed E-state index contributed by atoms with van der Waals surface area (Å²) in [4.78, 5) is 2.25. The molecule has 118 valence electrons. The molecule has 1 rings (SSSR count). The van der Waals surface area contributed by atoms with Crippen LogP contribution in [0.5, 0.6) is 0 Å². The zero-order valence-electron chi connectivity index (χ0n) is 14.6. The third-order valence-corrected chi connectivity index (χ3v) is 8.99. The van der Waals surface area contributed by atoms with Gasteiger partial charge >= 0.3 is 0 Å². The number of anilines is 1. The molecule has 1 aromatic rings. The van der Waals surface area contributed by atoms with Gasteiger partial charge in [-0.1, -0.05) is 39.0 Å². The van der Waals surface area contributed by atoms with E-state index in [4.69, 9.17) is 4.43 Å². The van der Waals surface area contributed by atoms with Gasteiger partial charge in [0.15, 0.2) is 8.32 Å². The summed E-state index contributed by atoms with van der Waals surface area (Å²) in [6, 6.07) is 8.68. The molecule has 0 heterocycles. The van der Waals surface area contributed by atoms with Crippen molar-refractivity contribution in [1.82, 2.24) is 0 Å². The Bertz CT molecular complexity index is 445. The second-order valence-corrected chi connectivity index (χ2v) is 12.0. The van der Waals surface area contributed by atoms with E-state index in [0.29, 0.717) is 0 Å². The molecule has 21 heavy (non-hydrogen) atoms. The van der Waals surface area contributed by atoms with Crippen LogP contribution < -0.4 is 4.90 Å². The summed E-state index contributed by atoms with van der Waals surface area (Å²) in [5.41, 5.74) is 2.54. The molecule has 0 unspecified atom stereocenters. The first-order valence-corrected chi connectivity index (χ1v) is 10.6. The maximum atomic E-state index is 6.23. The molecule has 0 aliphatic carbocycles. The van der Waals surface area contributed by atoms with Crippen molar-refractivity contribution in [3.8, 4) is 0 Å². The van der Waals surface area contributed by atoms with Gasteiger partial charge in [0.1, 0.15) is 0 Å². The van der Waals surface area contributed by atoms with Crippen molar-refractivity contribution in [3.05, 3.63) is 42.5 Å². The van der Waals surface area contributed by atoms with Crippen LogP contribution in [0, 0.1) is 0 Å². The molecule has 0 N–H and O–H groups in total. The summed E-state index contributed by atoms with van der Waals surface area (Å²) >= 11 is 0. The van der Waals surface area contributed by atoms with E-state index in [9.17, 15) is 0 Å². The van der Waals surface area contributed by atoms with Gasteiger partial charge in [0.25, 0.3) is 0 Å². The van der Waals surface area contributed by atoms with Crippen LogP contribution in [-0.2, 0) is 10.8 Å². The van der Waals surface area contributed by atoms with E-state index < -0.39 is 8.32 Å².